The van der Waals surface area contributed by atoms with Crippen LogP contribution in [0.4, 0.5) is 0 Å². The highest BCUT2D eigenvalue weighted by Crippen LogP contribution is 2.30. The van der Waals surface area contributed by atoms with Gasteiger partial charge in [0, 0.05) is 11.1 Å². The highest BCUT2D eigenvalue weighted by molar-refractivity contribution is 6.41. The van der Waals surface area contributed by atoms with E-state index in [0.717, 1.165) is 0 Å². The van der Waals surface area contributed by atoms with Crippen molar-refractivity contribution in [3.05, 3.63) is 33.3 Å². The van der Waals surface area contributed by atoms with Gasteiger partial charge in [-0.3, -0.25) is 5.41 Å². The minimum atomic E-state index is 0.0694. The number of hydrogen-bond donors (Lipinski definition) is 2. The maximum Gasteiger partial charge on any atom is 0.156 e. The summed E-state index contributed by atoms with van der Waals surface area (Å²) in [6, 6.07) is 3.27. The van der Waals surface area contributed by atoms with E-state index in [0.29, 0.717) is 21.2 Å². The molecule has 0 aromatic heterocycles. The van der Waals surface area contributed by atoms with Crippen molar-refractivity contribution in [1.29, 1.82) is 5.41 Å². The first kappa shape index (κ1) is 8.53. The van der Waals surface area contributed by atoms with Gasteiger partial charge < -0.3 is 5.73 Å². The van der Waals surface area contributed by atoms with E-state index >= 15 is 0 Å². The third-order valence-corrected chi connectivity index (χ3v) is 2.46. The van der Waals surface area contributed by atoms with Crippen LogP contribution in [-0.2, 0) is 0 Å². The lowest BCUT2D eigenvalue weighted by Gasteiger charge is -2.03. The van der Waals surface area contributed by atoms with Crippen molar-refractivity contribution in [2.45, 2.75) is 0 Å². The molecule has 1 heterocycles. The molecule has 0 bridgehead atoms. The second-order valence-corrected chi connectivity index (χ2v) is 3.44. The van der Waals surface area contributed by atoms with Crippen molar-refractivity contribution in [1.82, 2.24) is 0 Å². The predicted molar refractivity (Wildman–Crippen MR) is 54.0 cm³/mol. The normalized spacial score (nSPS) is 14.3. The molecule has 3 N–H and O–H groups in total. The molecule has 0 fully saturated rings. The van der Waals surface area contributed by atoms with Crippen molar-refractivity contribution in [2.24, 2.45) is 10.7 Å². The summed E-state index contributed by atoms with van der Waals surface area (Å²) in [5, 5.41) is 8.42. The lowest BCUT2D eigenvalue weighted by molar-refractivity contribution is 1.45. The van der Waals surface area contributed by atoms with Crippen molar-refractivity contribution >= 4 is 34.9 Å². The molecule has 0 amide bonds. The number of fused-ring (bicyclic) bond motifs is 1. The summed E-state index contributed by atoms with van der Waals surface area (Å²) < 4.78 is 0. The summed E-state index contributed by atoms with van der Waals surface area (Å²) in [7, 11) is 0. The third kappa shape index (κ3) is 1.12. The number of benzene rings is 1. The molecule has 13 heavy (non-hydrogen) atoms. The van der Waals surface area contributed by atoms with Crippen molar-refractivity contribution in [3.8, 4) is 0 Å². The predicted octanol–water partition coefficient (Wildman–Crippen LogP) is 2.04. The fourth-order valence-corrected chi connectivity index (χ4v) is 1.77. The Hall–Kier alpha value is -1.06. The largest absolute Gasteiger partial charge is 0.383 e. The molecule has 1 aliphatic rings. The number of amidine groups is 2. The van der Waals surface area contributed by atoms with E-state index in [9.17, 15) is 0 Å². The Morgan fingerprint density at radius 1 is 1.15 bits per heavy atom. The van der Waals surface area contributed by atoms with Crippen LogP contribution in [0.25, 0.3) is 0 Å². The molecule has 2 rings (SSSR count). The van der Waals surface area contributed by atoms with Gasteiger partial charge in [0.15, 0.2) is 5.84 Å². The standard InChI is InChI=1S/C8H5Cl2N3/c9-3-1-2-4(10)6-5(3)7(11)13-8(6)12/h1-2H,(H3,11,12,13). The zero-order chi connectivity index (χ0) is 9.59. The Morgan fingerprint density at radius 2 is 1.69 bits per heavy atom. The van der Waals surface area contributed by atoms with Gasteiger partial charge in [-0.15, -0.1) is 0 Å². The quantitative estimate of drug-likeness (QED) is 0.681. The molecule has 0 unspecified atom stereocenters. The van der Waals surface area contributed by atoms with E-state index in [1.807, 2.05) is 0 Å². The van der Waals surface area contributed by atoms with Gasteiger partial charge in [-0.1, -0.05) is 23.2 Å². The van der Waals surface area contributed by atoms with E-state index < -0.39 is 0 Å². The summed E-state index contributed by atoms with van der Waals surface area (Å²) in [4.78, 5) is 3.79. The summed E-state index contributed by atoms with van der Waals surface area (Å²) in [6.45, 7) is 0. The molecule has 0 spiro atoms. The van der Waals surface area contributed by atoms with Crippen LogP contribution in [0, 0.1) is 5.41 Å². The number of nitrogens with zero attached hydrogens (tertiary/aromatic N) is 1. The van der Waals surface area contributed by atoms with Gasteiger partial charge in [-0.2, -0.15) is 0 Å². The van der Waals surface area contributed by atoms with Gasteiger partial charge in [0.1, 0.15) is 5.84 Å². The lowest BCUT2D eigenvalue weighted by Crippen LogP contribution is -2.11. The maximum atomic E-state index is 7.49. The van der Waals surface area contributed by atoms with E-state index in [-0.39, 0.29) is 11.7 Å². The van der Waals surface area contributed by atoms with Gasteiger partial charge in [0.05, 0.1) is 10.0 Å². The van der Waals surface area contributed by atoms with Crippen LogP contribution in [0.5, 0.6) is 0 Å². The highest BCUT2D eigenvalue weighted by atomic mass is 35.5. The van der Waals surface area contributed by atoms with E-state index in [4.69, 9.17) is 34.3 Å². The zero-order valence-corrected chi connectivity index (χ0v) is 7.95. The van der Waals surface area contributed by atoms with E-state index in [1.54, 1.807) is 12.1 Å². The smallest absolute Gasteiger partial charge is 0.156 e. The molecule has 1 aliphatic heterocycles. The topological polar surface area (TPSA) is 62.2 Å². The highest BCUT2D eigenvalue weighted by Gasteiger charge is 2.23. The number of hydrogen-bond acceptors (Lipinski definition) is 2. The lowest BCUT2D eigenvalue weighted by atomic mass is 10.1. The Kier molecular flexibility index (Phi) is 1.78. The average molecular weight is 214 g/mol. The Balaban J connectivity index is 2.82. The second kappa shape index (κ2) is 2.72. The number of nitrogens with two attached hydrogens (primary N) is 1. The fourth-order valence-electron chi connectivity index (χ4n) is 1.27. The number of rotatable bonds is 0. The molecule has 0 saturated carbocycles. The van der Waals surface area contributed by atoms with Crippen LogP contribution in [0.1, 0.15) is 11.1 Å². The molecule has 0 atom stereocenters. The third-order valence-electron chi connectivity index (χ3n) is 1.83. The Bertz CT molecular complexity index is 437. The van der Waals surface area contributed by atoms with Crippen molar-refractivity contribution < 1.29 is 0 Å². The molecule has 1 aromatic rings. The maximum absolute atomic E-state index is 7.49. The SMILES string of the molecule is N=C1N=C(N)c2c(Cl)ccc(Cl)c21. The van der Waals surface area contributed by atoms with Gasteiger partial charge in [-0.25, -0.2) is 4.99 Å². The van der Waals surface area contributed by atoms with Gasteiger partial charge in [0.2, 0.25) is 0 Å². The summed E-state index contributed by atoms with van der Waals surface area (Å²) >= 11 is 11.8. The second-order valence-electron chi connectivity index (χ2n) is 2.62. The molecule has 5 heteroatoms. The first-order chi connectivity index (χ1) is 6.11. The zero-order valence-electron chi connectivity index (χ0n) is 6.44. The molecular formula is C8H5Cl2N3. The summed E-state index contributed by atoms with van der Waals surface area (Å²) in [6.07, 6.45) is 0. The number of aliphatic imine (C=N–C) groups is 1. The van der Waals surface area contributed by atoms with Gasteiger partial charge in [-0.05, 0) is 12.1 Å². The Morgan fingerprint density at radius 3 is 2.23 bits per heavy atom. The van der Waals surface area contributed by atoms with Gasteiger partial charge in [0.25, 0.3) is 0 Å². The van der Waals surface area contributed by atoms with Crippen LogP contribution in [0.15, 0.2) is 17.1 Å². The minimum Gasteiger partial charge on any atom is -0.383 e. The van der Waals surface area contributed by atoms with Crippen molar-refractivity contribution in [3.63, 3.8) is 0 Å². The molecule has 66 valence electrons. The first-order valence-corrected chi connectivity index (χ1v) is 4.28. The molecule has 1 aromatic carbocycles. The number of halogens is 2. The molecule has 3 nitrogen and oxygen atoms in total. The molecule has 0 saturated heterocycles. The van der Waals surface area contributed by atoms with Crippen molar-refractivity contribution in [2.75, 3.05) is 0 Å². The first-order valence-electron chi connectivity index (χ1n) is 3.52. The van der Waals surface area contributed by atoms with Crippen LogP contribution < -0.4 is 5.73 Å². The van der Waals surface area contributed by atoms with E-state index in [1.165, 1.54) is 0 Å². The van der Waals surface area contributed by atoms with Crippen LogP contribution in [-0.4, -0.2) is 11.7 Å². The van der Waals surface area contributed by atoms with E-state index in [2.05, 4.69) is 4.99 Å². The Labute approximate surface area is 84.7 Å². The van der Waals surface area contributed by atoms with Crippen LogP contribution in [0.3, 0.4) is 0 Å². The molecule has 0 radical (unpaired) electrons. The average Bonchev–Trinajstić information content (AvgIpc) is 2.36. The summed E-state index contributed by atoms with van der Waals surface area (Å²) in [5.74, 6) is 0.326. The monoisotopic (exact) mass is 213 g/mol. The van der Waals surface area contributed by atoms with Crippen LogP contribution in [0.2, 0.25) is 10.0 Å². The number of nitrogens with one attached hydrogen (secondary N) is 1. The fraction of sp³-hybridized carbons (Fsp3) is 0. The summed E-state index contributed by atoms with van der Waals surface area (Å²) in [5.41, 5.74) is 6.66. The minimum absolute atomic E-state index is 0.0694. The van der Waals surface area contributed by atoms with Gasteiger partial charge >= 0.3 is 0 Å². The van der Waals surface area contributed by atoms with Crippen LogP contribution >= 0.6 is 23.2 Å². The molecule has 0 aliphatic carbocycles. The molecular weight excluding hydrogens is 209 g/mol.